The molecule has 1 heterocycles. The van der Waals surface area contributed by atoms with E-state index >= 15 is 0 Å². The number of nitrogen functional groups attached to an aromatic ring is 1. The Hall–Kier alpha value is -3.04. The van der Waals surface area contributed by atoms with Crippen molar-refractivity contribution >= 4 is 34.7 Å². The normalized spacial score (nSPS) is 10.7. The Kier molecular flexibility index (Phi) is 5.18. The van der Waals surface area contributed by atoms with Gasteiger partial charge >= 0.3 is 0 Å². The zero-order valence-electron chi connectivity index (χ0n) is 12.3. The topological polar surface area (TPSA) is 104 Å². The van der Waals surface area contributed by atoms with Crippen LogP contribution in [0.1, 0.15) is 5.69 Å². The fourth-order valence-electron chi connectivity index (χ4n) is 1.72. The molecule has 0 saturated carbocycles. The summed E-state index contributed by atoms with van der Waals surface area (Å²) in [6.07, 6.45) is 1.30. The van der Waals surface area contributed by atoms with Gasteiger partial charge in [0, 0.05) is 17.6 Å². The van der Waals surface area contributed by atoms with Crippen molar-refractivity contribution < 1.29 is 4.79 Å². The van der Waals surface area contributed by atoms with Gasteiger partial charge in [0.05, 0.1) is 10.7 Å². The molecule has 4 N–H and O–H groups in total. The number of nitriles is 1. The highest BCUT2D eigenvalue weighted by atomic mass is 35.5. The minimum Gasteiger partial charge on any atom is -0.398 e. The number of hydrogen-bond donors (Lipinski definition) is 3. The van der Waals surface area contributed by atoms with Gasteiger partial charge in [0.1, 0.15) is 17.5 Å². The van der Waals surface area contributed by atoms with Gasteiger partial charge in [0.15, 0.2) is 0 Å². The monoisotopic (exact) mass is 327 g/mol. The number of rotatable bonds is 4. The van der Waals surface area contributed by atoms with Gasteiger partial charge in [-0.3, -0.25) is 4.79 Å². The third-order valence-corrected chi connectivity index (χ3v) is 3.20. The van der Waals surface area contributed by atoms with Gasteiger partial charge in [-0.25, -0.2) is 4.98 Å². The lowest BCUT2D eigenvalue weighted by Crippen LogP contribution is -2.14. The Morgan fingerprint density at radius 3 is 2.83 bits per heavy atom. The standard InChI is InChI=1S/C16H14ClN5O/c1-10-3-2-4-15(21-10)20-9-11(8-18)16(23)22-12-5-6-14(19)13(17)7-12/h2-7,9H,19H2,1H3,(H,20,21)(H,22,23)/b11-9-. The van der Waals surface area contributed by atoms with E-state index in [2.05, 4.69) is 15.6 Å². The summed E-state index contributed by atoms with van der Waals surface area (Å²) >= 11 is 5.89. The highest BCUT2D eigenvalue weighted by Crippen LogP contribution is 2.22. The first-order valence-electron chi connectivity index (χ1n) is 6.66. The molecule has 0 radical (unpaired) electrons. The van der Waals surface area contributed by atoms with E-state index in [9.17, 15) is 4.79 Å². The molecule has 7 heteroatoms. The molecule has 1 amide bonds. The molecule has 2 rings (SSSR count). The molecule has 0 aliphatic rings. The highest BCUT2D eigenvalue weighted by Gasteiger charge is 2.10. The third kappa shape index (κ3) is 4.46. The van der Waals surface area contributed by atoms with Gasteiger partial charge < -0.3 is 16.4 Å². The fourth-order valence-corrected chi connectivity index (χ4v) is 1.90. The maximum absolute atomic E-state index is 12.1. The number of amides is 1. The fraction of sp³-hybridized carbons (Fsp3) is 0.0625. The number of carbonyl (C=O) groups is 1. The number of carbonyl (C=O) groups excluding carboxylic acids is 1. The third-order valence-electron chi connectivity index (χ3n) is 2.88. The average molecular weight is 328 g/mol. The summed E-state index contributed by atoms with van der Waals surface area (Å²) in [5, 5.41) is 14.8. The van der Waals surface area contributed by atoms with E-state index in [1.54, 1.807) is 18.2 Å². The zero-order valence-corrected chi connectivity index (χ0v) is 13.1. The first-order valence-corrected chi connectivity index (χ1v) is 7.04. The minimum absolute atomic E-state index is 0.0961. The van der Waals surface area contributed by atoms with E-state index in [-0.39, 0.29) is 5.57 Å². The number of aryl methyl sites for hydroxylation is 1. The molecule has 6 nitrogen and oxygen atoms in total. The molecule has 0 spiro atoms. The first-order chi connectivity index (χ1) is 11.0. The van der Waals surface area contributed by atoms with Crippen molar-refractivity contribution in [2.75, 3.05) is 16.4 Å². The van der Waals surface area contributed by atoms with E-state index in [1.165, 1.54) is 12.3 Å². The summed E-state index contributed by atoms with van der Waals surface area (Å²) in [5.74, 6) is -0.0189. The number of hydrogen-bond acceptors (Lipinski definition) is 5. The smallest absolute Gasteiger partial charge is 0.267 e. The molecular weight excluding hydrogens is 314 g/mol. The summed E-state index contributed by atoms with van der Waals surface area (Å²) < 4.78 is 0. The Labute approximate surface area is 138 Å². The van der Waals surface area contributed by atoms with Crippen LogP contribution in [0.3, 0.4) is 0 Å². The van der Waals surface area contributed by atoms with Crippen LogP contribution >= 0.6 is 11.6 Å². The van der Waals surface area contributed by atoms with E-state index in [4.69, 9.17) is 22.6 Å². The predicted octanol–water partition coefficient (Wildman–Crippen LogP) is 3.08. The lowest BCUT2D eigenvalue weighted by atomic mass is 10.2. The second-order valence-corrected chi connectivity index (χ2v) is 5.08. The van der Waals surface area contributed by atoms with Crippen LogP contribution in [0.25, 0.3) is 0 Å². The number of halogens is 1. The van der Waals surface area contributed by atoms with E-state index in [1.807, 2.05) is 25.1 Å². The SMILES string of the molecule is Cc1cccc(N/C=C(/C#N)C(=O)Nc2ccc(N)c(Cl)c2)n1. The Balaban J connectivity index is 2.10. The van der Waals surface area contributed by atoms with Gasteiger partial charge in [-0.15, -0.1) is 0 Å². The summed E-state index contributed by atoms with van der Waals surface area (Å²) in [4.78, 5) is 16.3. The van der Waals surface area contributed by atoms with Crippen LogP contribution < -0.4 is 16.4 Å². The predicted molar refractivity (Wildman–Crippen MR) is 90.8 cm³/mol. The summed E-state index contributed by atoms with van der Waals surface area (Å²) in [6.45, 7) is 1.84. The number of aromatic nitrogens is 1. The molecule has 0 saturated heterocycles. The number of pyridine rings is 1. The zero-order chi connectivity index (χ0) is 16.8. The molecule has 2 aromatic rings. The van der Waals surface area contributed by atoms with E-state index in [0.29, 0.717) is 22.2 Å². The van der Waals surface area contributed by atoms with Crippen molar-refractivity contribution in [1.82, 2.24) is 4.98 Å². The molecular formula is C16H14ClN5O. The van der Waals surface area contributed by atoms with Gasteiger partial charge in [0.25, 0.3) is 5.91 Å². The van der Waals surface area contributed by atoms with Crippen LogP contribution in [0.15, 0.2) is 48.2 Å². The van der Waals surface area contributed by atoms with Gasteiger partial charge in [-0.05, 0) is 37.3 Å². The van der Waals surface area contributed by atoms with Crippen molar-refractivity contribution in [3.63, 3.8) is 0 Å². The summed E-state index contributed by atoms with van der Waals surface area (Å²) in [7, 11) is 0. The Morgan fingerprint density at radius 2 is 2.17 bits per heavy atom. The molecule has 116 valence electrons. The summed E-state index contributed by atoms with van der Waals surface area (Å²) in [6, 6.07) is 11.9. The average Bonchev–Trinajstić information content (AvgIpc) is 2.51. The molecule has 1 aromatic heterocycles. The molecule has 0 unspecified atom stereocenters. The maximum atomic E-state index is 12.1. The van der Waals surface area contributed by atoms with Gasteiger partial charge in [-0.2, -0.15) is 5.26 Å². The molecule has 0 aliphatic heterocycles. The van der Waals surface area contributed by atoms with E-state index < -0.39 is 5.91 Å². The van der Waals surface area contributed by atoms with Crippen LogP contribution in [0.5, 0.6) is 0 Å². The number of nitrogens with zero attached hydrogens (tertiary/aromatic N) is 2. The Morgan fingerprint density at radius 1 is 1.39 bits per heavy atom. The van der Waals surface area contributed by atoms with Crippen LogP contribution in [0, 0.1) is 18.3 Å². The molecule has 1 aromatic carbocycles. The number of nitrogens with one attached hydrogen (secondary N) is 2. The highest BCUT2D eigenvalue weighted by molar-refractivity contribution is 6.33. The second-order valence-electron chi connectivity index (χ2n) is 4.67. The molecule has 0 aliphatic carbocycles. The largest absolute Gasteiger partial charge is 0.398 e. The molecule has 0 fully saturated rings. The molecule has 0 atom stereocenters. The van der Waals surface area contributed by atoms with Crippen LogP contribution in [-0.2, 0) is 4.79 Å². The molecule has 23 heavy (non-hydrogen) atoms. The summed E-state index contributed by atoms with van der Waals surface area (Å²) in [5.41, 5.74) is 7.19. The lowest BCUT2D eigenvalue weighted by molar-refractivity contribution is -0.112. The van der Waals surface area contributed by atoms with Crippen molar-refractivity contribution in [2.24, 2.45) is 0 Å². The second kappa shape index (κ2) is 7.29. The number of nitrogens with two attached hydrogens (primary N) is 1. The van der Waals surface area contributed by atoms with Crippen LogP contribution in [-0.4, -0.2) is 10.9 Å². The minimum atomic E-state index is -0.562. The van der Waals surface area contributed by atoms with Crippen LogP contribution in [0.4, 0.5) is 17.2 Å². The van der Waals surface area contributed by atoms with E-state index in [0.717, 1.165) is 5.69 Å². The number of anilines is 3. The quantitative estimate of drug-likeness (QED) is 0.455. The maximum Gasteiger partial charge on any atom is 0.267 e. The van der Waals surface area contributed by atoms with Crippen LogP contribution in [0.2, 0.25) is 5.02 Å². The van der Waals surface area contributed by atoms with Crippen molar-refractivity contribution in [3.8, 4) is 6.07 Å². The number of benzene rings is 1. The molecule has 0 bridgehead atoms. The van der Waals surface area contributed by atoms with Crippen molar-refractivity contribution in [1.29, 1.82) is 5.26 Å². The van der Waals surface area contributed by atoms with Gasteiger partial charge in [0.2, 0.25) is 0 Å². The first kappa shape index (κ1) is 16.3. The van der Waals surface area contributed by atoms with Crippen molar-refractivity contribution in [2.45, 2.75) is 6.92 Å². The Bertz CT molecular complexity index is 810. The van der Waals surface area contributed by atoms with Gasteiger partial charge in [-0.1, -0.05) is 17.7 Å². The van der Waals surface area contributed by atoms with Crippen molar-refractivity contribution in [3.05, 3.63) is 58.9 Å². The lowest BCUT2D eigenvalue weighted by Gasteiger charge is -2.06.